The molecule has 1 heterocycles. The van der Waals surface area contributed by atoms with Crippen LogP contribution in [0.5, 0.6) is 17.2 Å². The number of alkyl halides is 6. The molecule has 0 bridgehead atoms. The maximum Gasteiger partial charge on any atom is 0.573 e. The van der Waals surface area contributed by atoms with Crippen LogP contribution in [0, 0.1) is 11.6 Å². The van der Waals surface area contributed by atoms with E-state index in [1.165, 1.54) is 0 Å². The normalized spacial score (nSPS) is 14.3. The van der Waals surface area contributed by atoms with Crippen molar-refractivity contribution < 1.29 is 68.4 Å². The molecule has 8 nitrogen and oxygen atoms in total. The highest BCUT2D eigenvalue weighted by atomic mass is 79.9. The van der Waals surface area contributed by atoms with Crippen molar-refractivity contribution in [2.75, 3.05) is 32.5 Å². The number of methoxy groups -OCH3 is 2. The Morgan fingerprint density at radius 1 is 0.923 bits per heavy atom. The van der Waals surface area contributed by atoms with Gasteiger partial charge >= 0.3 is 24.5 Å². The largest absolute Gasteiger partial charge is 0.573 e. The van der Waals surface area contributed by atoms with E-state index in [0.29, 0.717) is 12.1 Å². The number of carbonyl (C=O) groups is 2. The van der Waals surface area contributed by atoms with Gasteiger partial charge in [-0.2, -0.15) is 13.2 Å². The van der Waals surface area contributed by atoms with Gasteiger partial charge in [0.25, 0.3) is 0 Å². The zero-order valence-electron chi connectivity index (χ0n) is 19.4. The molecule has 0 atom stereocenters. The molecule has 2 aromatic rings. The van der Waals surface area contributed by atoms with Crippen LogP contribution in [0.2, 0.25) is 0 Å². The lowest BCUT2D eigenvalue weighted by atomic mass is 10.1. The summed E-state index contributed by atoms with van der Waals surface area (Å²) in [6, 6.07) is 1.15. The lowest BCUT2D eigenvalue weighted by molar-refractivity contribution is -0.274. The summed E-state index contributed by atoms with van der Waals surface area (Å²) < 4.78 is 130. The number of rotatable bonds is 6. The van der Waals surface area contributed by atoms with Crippen molar-refractivity contribution >= 4 is 33.6 Å². The van der Waals surface area contributed by atoms with Crippen LogP contribution in [-0.4, -0.2) is 45.9 Å². The molecule has 39 heavy (non-hydrogen) atoms. The monoisotopic (exact) mass is 635 g/mol. The van der Waals surface area contributed by atoms with Crippen LogP contribution in [0.25, 0.3) is 0 Å². The molecule has 0 fully saturated rings. The number of carbonyl (C=O) groups excluding carboxylic acids is 2. The van der Waals surface area contributed by atoms with Gasteiger partial charge in [-0.05, 0) is 34.1 Å². The zero-order valence-corrected chi connectivity index (χ0v) is 21.0. The number of anilines is 1. The predicted octanol–water partition coefficient (Wildman–Crippen LogP) is 5.83. The fraction of sp³-hybridized carbons (Fsp3) is 0.273. The van der Waals surface area contributed by atoms with E-state index in [1.54, 1.807) is 0 Å². The van der Waals surface area contributed by atoms with Crippen molar-refractivity contribution in [1.29, 1.82) is 0 Å². The summed E-state index contributed by atoms with van der Waals surface area (Å²) in [6.07, 6.45) is -10.3. The average Bonchev–Trinajstić information content (AvgIpc) is 2.83. The second-order valence-corrected chi connectivity index (χ2v) is 8.24. The second-order valence-electron chi connectivity index (χ2n) is 7.39. The van der Waals surface area contributed by atoms with Crippen molar-refractivity contribution in [1.82, 2.24) is 0 Å². The summed E-state index contributed by atoms with van der Waals surface area (Å²) in [5.74, 6) is -8.94. The quantitative estimate of drug-likeness (QED) is 0.290. The smallest absolute Gasteiger partial charge is 0.466 e. The van der Waals surface area contributed by atoms with Gasteiger partial charge in [0.2, 0.25) is 0 Å². The number of halogens is 9. The van der Waals surface area contributed by atoms with E-state index in [4.69, 9.17) is 9.47 Å². The summed E-state index contributed by atoms with van der Waals surface area (Å²) in [7, 11) is 1.88. The predicted molar refractivity (Wildman–Crippen MR) is 117 cm³/mol. The van der Waals surface area contributed by atoms with Crippen molar-refractivity contribution in [3.8, 4) is 17.2 Å². The third-order valence-electron chi connectivity index (χ3n) is 4.88. The van der Waals surface area contributed by atoms with Gasteiger partial charge in [0.15, 0.2) is 23.1 Å². The molecule has 0 spiro atoms. The molecule has 17 heteroatoms. The first kappa shape index (κ1) is 29.9. The Morgan fingerprint density at radius 2 is 1.51 bits per heavy atom. The van der Waals surface area contributed by atoms with Crippen LogP contribution in [-0.2, 0) is 30.0 Å². The van der Waals surface area contributed by atoms with E-state index in [-0.39, 0.29) is 12.1 Å². The lowest BCUT2D eigenvalue weighted by Gasteiger charge is -2.32. The number of esters is 2. The molecule has 0 unspecified atom stereocenters. The molecule has 2 aromatic carbocycles. The maximum absolute atomic E-state index is 14.6. The summed E-state index contributed by atoms with van der Waals surface area (Å²) in [5.41, 5.74) is -3.35. The molecule has 0 aromatic heterocycles. The van der Waals surface area contributed by atoms with E-state index in [9.17, 15) is 44.7 Å². The number of nitrogens with zero attached hydrogens (tertiary/aromatic N) is 1. The van der Waals surface area contributed by atoms with E-state index < -0.39 is 93.7 Å². The summed E-state index contributed by atoms with van der Waals surface area (Å²) in [4.78, 5) is 25.6. The minimum atomic E-state index is -5.22. The first-order valence-electron chi connectivity index (χ1n) is 10.2. The van der Waals surface area contributed by atoms with Gasteiger partial charge in [-0.15, -0.1) is 13.2 Å². The zero-order chi connectivity index (χ0) is 29.3. The van der Waals surface area contributed by atoms with E-state index in [0.717, 1.165) is 19.1 Å². The summed E-state index contributed by atoms with van der Waals surface area (Å²) in [6.45, 7) is -1.16. The van der Waals surface area contributed by atoms with Crippen molar-refractivity contribution in [2.45, 2.75) is 12.5 Å². The SMILES string of the molecule is COC(=O)C1=C(C(=O)OC)N(c2cc(OC(F)(F)F)cc(Br)c2Oc2c(F)cc(C(F)(F)F)cc2F)COC1. The molecule has 0 N–H and O–H groups in total. The van der Waals surface area contributed by atoms with Gasteiger partial charge in [-0.1, -0.05) is 0 Å². The van der Waals surface area contributed by atoms with Crippen LogP contribution in [0.1, 0.15) is 5.56 Å². The molecule has 1 aliphatic rings. The molecule has 0 amide bonds. The van der Waals surface area contributed by atoms with Crippen LogP contribution in [0.4, 0.5) is 40.8 Å². The van der Waals surface area contributed by atoms with Gasteiger partial charge < -0.3 is 28.6 Å². The van der Waals surface area contributed by atoms with Crippen LogP contribution < -0.4 is 14.4 Å². The number of hydrogen-bond donors (Lipinski definition) is 0. The minimum Gasteiger partial charge on any atom is -0.466 e. The van der Waals surface area contributed by atoms with Crippen LogP contribution >= 0.6 is 15.9 Å². The molecule has 0 saturated carbocycles. The van der Waals surface area contributed by atoms with Crippen LogP contribution in [0.3, 0.4) is 0 Å². The Hall–Kier alpha value is -3.60. The Balaban J connectivity index is 2.27. The molecular formula is C22H14BrF8NO7. The van der Waals surface area contributed by atoms with Gasteiger partial charge in [0.1, 0.15) is 18.2 Å². The topological polar surface area (TPSA) is 83.5 Å². The Labute approximate surface area is 221 Å². The average molecular weight is 636 g/mol. The second kappa shape index (κ2) is 11.3. The van der Waals surface area contributed by atoms with Crippen LogP contribution in [0.15, 0.2) is 40.0 Å². The molecule has 0 saturated heterocycles. The number of hydrogen-bond acceptors (Lipinski definition) is 8. The lowest BCUT2D eigenvalue weighted by Crippen LogP contribution is -2.39. The van der Waals surface area contributed by atoms with E-state index in [1.807, 2.05) is 0 Å². The molecule has 0 radical (unpaired) electrons. The Morgan fingerprint density at radius 3 is 2.03 bits per heavy atom. The van der Waals surface area contributed by atoms with Crippen molar-refractivity contribution in [2.24, 2.45) is 0 Å². The molecule has 0 aliphatic carbocycles. The number of ether oxygens (including phenoxy) is 5. The standard InChI is InChI=1S/C22H14BrF8NO7/c1-35-19(33)11-7-37-8-32(16(11)20(34)36-2)15-6-10(39-22(29,30)31)5-12(23)17(15)38-18-13(24)3-9(4-14(18)25)21(26,27)28/h3-6H,7-8H2,1-2H3. The van der Waals surface area contributed by atoms with Gasteiger partial charge in [-0.25, -0.2) is 18.4 Å². The first-order valence-corrected chi connectivity index (χ1v) is 10.9. The highest BCUT2D eigenvalue weighted by molar-refractivity contribution is 9.10. The van der Waals surface area contributed by atoms with Gasteiger partial charge in [0, 0.05) is 6.07 Å². The highest BCUT2D eigenvalue weighted by Gasteiger charge is 2.37. The van der Waals surface area contributed by atoms with E-state index >= 15 is 0 Å². The maximum atomic E-state index is 14.6. The summed E-state index contributed by atoms with van der Waals surface area (Å²) in [5, 5.41) is 0. The first-order chi connectivity index (χ1) is 18.1. The van der Waals surface area contributed by atoms with Gasteiger partial charge in [0.05, 0.1) is 42.1 Å². The highest BCUT2D eigenvalue weighted by Crippen LogP contribution is 2.46. The van der Waals surface area contributed by atoms with Crippen molar-refractivity contribution in [3.05, 3.63) is 57.2 Å². The van der Waals surface area contributed by atoms with Gasteiger partial charge in [-0.3, -0.25) is 0 Å². The molecule has 3 rings (SSSR count). The number of benzene rings is 2. The third kappa shape index (κ3) is 6.70. The summed E-state index contributed by atoms with van der Waals surface area (Å²) >= 11 is 2.87. The Bertz CT molecular complexity index is 1300. The molecule has 212 valence electrons. The molecule has 1 aliphatic heterocycles. The fourth-order valence-electron chi connectivity index (χ4n) is 3.31. The molecular weight excluding hydrogens is 622 g/mol. The third-order valence-corrected chi connectivity index (χ3v) is 5.47. The fourth-order valence-corrected chi connectivity index (χ4v) is 3.82. The van der Waals surface area contributed by atoms with E-state index in [2.05, 4.69) is 30.1 Å². The Kier molecular flexibility index (Phi) is 8.64. The minimum absolute atomic E-state index is 0.0632. The van der Waals surface area contributed by atoms with Crippen molar-refractivity contribution in [3.63, 3.8) is 0 Å².